The molecule has 0 atom stereocenters. The van der Waals surface area contributed by atoms with Gasteiger partial charge >= 0.3 is 0 Å². The molecular formula is C23H23FN4S. The fourth-order valence-electron chi connectivity index (χ4n) is 3.45. The van der Waals surface area contributed by atoms with Gasteiger partial charge in [-0.15, -0.1) is 5.10 Å². The Morgan fingerprint density at radius 2 is 1.76 bits per heavy atom. The van der Waals surface area contributed by atoms with Gasteiger partial charge in [0, 0.05) is 23.6 Å². The van der Waals surface area contributed by atoms with Crippen molar-refractivity contribution in [1.29, 1.82) is 0 Å². The number of halogens is 1. The van der Waals surface area contributed by atoms with Gasteiger partial charge in [0.25, 0.3) is 5.78 Å². The first-order chi connectivity index (χ1) is 13.9. The maximum absolute atomic E-state index is 13.9. The van der Waals surface area contributed by atoms with E-state index in [-0.39, 0.29) is 5.82 Å². The zero-order valence-electron chi connectivity index (χ0n) is 17.0. The molecule has 4 nitrogen and oxygen atoms in total. The van der Waals surface area contributed by atoms with Crippen LogP contribution in [0.4, 0.5) is 4.39 Å². The number of hydrogen-bond donors (Lipinski definition) is 0. The molecule has 29 heavy (non-hydrogen) atoms. The van der Waals surface area contributed by atoms with Crippen molar-refractivity contribution in [3.63, 3.8) is 0 Å². The molecule has 0 aliphatic carbocycles. The lowest BCUT2D eigenvalue weighted by atomic mass is 9.97. The minimum atomic E-state index is -0.204. The predicted molar refractivity (Wildman–Crippen MR) is 115 cm³/mol. The molecule has 0 saturated carbocycles. The van der Waals surface area contributed by atoms with Gasteiger partial charge in [-0.2, -0.15) is 4.98 Å². The highest BCUT2D eigenvalue weighted by atomic mass is 32.2. The summed E-state index contributed by atoms with van der Waals surface area (Å²) >= 11 is 1.42. The lowest BCUT2D eigenvalue weighted by Crippen LogP contribution is -2.07. The minimum absolute atomic E-state index is 0.204. The molecule has 0 unspecified atom stereocenters. The van der Waals surface area contributed by atoms with Gasteiger partial charge in [-0.3, -0.25) is 0 Å². The second kappa shape index (κ2) is 7.95. The van der Waals surface area contributed by atoms with Gasteiger partial charge in [-0.05, 0) is 56.0 Å². The molecule has 6 heteroatoms. The maximum Gasteiger partial charge on any atom is 0.253 e. The number of nitrogens with zero attached hydrogens (tertiary/aromatic N) is 4. The van der Waals surface area contributed by atoms with E-state index >= 15 is 0 Å². The number of benzene rings is 2. The topological polar surface area (TPSA) is 43.1 Å². The van der Waals surface area contributed by atoms with Crippen molar-refractivity contribution in [2.24, 2.45) is 0 Å². The van der Waals surface area contributed by atoms with E-state index in [1.807, 2.05) is 13.0 Å². The van der Waals surface area contributed by atoms with Crippen LogP contribution in [-0.4, -0.2) is 19.6 Å². The third kappa shape index (κ3) is 4.03. The molecule has 2 heterocycles. The van der Waals surface area contributed by atoms with E-state index in [1.54, 1.807) is 16.6 Å². The summed E-state index contributed by atoms with van der Waals surface area (Å²) in [6.07, 6.45) is 0.811. The minimum Gasteiger partial charge on any atom is -0.216 e. The van der Waals surface area contributed by atoms with Gasteiger partial charge in [0.1, 0.15) is 5.82 Å². The summed E-state index contributed by atoms with van der Waals surface area (Å²) in [5, 5.41) is 5.23. The van der Waals surface area contributed by atoms with Crippen molar-refractivity contribution in [3.05, 3.63) is 87.5 Å². The summed E-state index contributed by atoms with van der Waals surface area (Å²) in [5.74, 6) is 0.863. The first-order valence-corrected chi connectivity index (χ1v) is 10.6. The Morgan fingerprint density at radius 1 is 0.966 bits per heavy atom. The first kappa shape index (κ1) is 19.6. The third-order valence-electron chi connectivity index (χ3n) is 5.22. The van der Waals surface area contributed by atoms with Crippen LogP contribution in [0.3, 0.4) is 0 Å². The zero-order valence-corrected chi connectivity index (χ0v) is 17.8. The van der Waals surface area contributed by atoms with Crippen molar-refractivity contribution in [2.45, 2.75) is 45.0 Å². The van der Waals surface area contributed by atoms with E-state index in [0.717, 1.165) is 17.8 Å². The van der Waals surface area contributed by atoms with Crippen LogP contribution in [-0.2, 0) is 12.2 Å². The maximum atomic E-state index is 13.9. The molecule has 0 fully saturated rings. The van der Waals surface area contributed by atoms with Crippen molar-refractivity contribution in [2.75, 3.05) is 0 Å². The monoisotopic (exact) mass is 406 g/mol. The van der Waals surface area contributed by atoms with Crippen LogP contribution in [0.25, 0.3) is 5.78 Å². The highest BCUT2D eigenvalue weighted by molar-refractivity contribution is 7.98. The van der Waals surface area contributed by atoms with E-state index in [4.69, 9.17) is 0 Å². The molecule has 2 aromatic carbocycles. The lowest BCUT2D eigenvalue weighted by molar-refractivity contribution is 0.617. The molecule has 0 saturated heterocycles. The molecule has 0 aliphatic rings. The van der Waals surface area contributed by atoms with Gasteiger partial charge in [0.05, 0.1) is 0 Å². The van der Waals surface area contributed by atoms with Crippen LogP contribution in [0.15, 0.2) is 47.6 Å². The molecule has 0 aliphatic heterocycles. The summed E-state index contributed by atoms with van der Waals surface area (Å²) in [5.41, 5.74) is 7.64. The van der Waals surface area contributed by atoms with Crippen LogP contribution in [0, 0.1) is 33.5 Å². The quantitative estimate of drug-likeness (QED) is 0.417. The van der Waals surface area contributed by atoms with Crippen LogP contribution < -0.4 is 0 Å². The average molecular weight is 407 g/mol. The smallest absolute Gasteiger partial charge is 0.216 e. The Morgan fingerprint density at radius 3 is 2.55 bits per heavy atom. The number of fused-ring (bicyclic) bond motifs is 1. The molecule has 4 rings (SSSR count). The molecule has 0 bridgehead atoms. The van der Waals surface area contributed by atoms with Gasteiger partial charge in [-0.1, -0.05) is 53.7 Å². The van der Waals surface area contributed by atoms with Crippen molar-refractivity contribution >= 4 is 17.5 Å². The van der Waals surface area contributed by atoms with E-state index in [0.29, 0.717) is 22.3 Å². The van der Waals surface area contributed by atoms with E-state index in [2.05, 4.69) is 54.0 Å². The number of thioether (sulfide) groups is 1. The number of rotatable bonds is 5. The zero-order chi connectivity index (χ0) is 20.5. The summed E-state index contributed by atoms with van der Waals surface area (Å²) < 4.78 is 15.7. The van der Waals surface area contributed by atoms with Crippen LogP contribution in [0.2, 0.25) is 0 Å². The summed E-state index contributed by atoms with van der Waals surface area (Å²) in [4.78, 5) is 9.22. The Hall–Kier alpha value is -2.73. The first-order valence-electron chi connectivity index (χ1n) is 9.57. The van der Waals surface area contributed by atoms with Crippen LogP contribution in [0.1, 0.15) is 39.2 Å². The van der Waals surface area contributed by atoms with Crippen molar-refractivity contribution < 1.29 is 4.39 Å². The molecule has 0 spiro atoms. The summed E-state index contributed by atoms with van der Waals surface area (Å²) in [6.45, 7) is 8.33. The molecular weight excluding hydrogens is 383 g/mol. The normalized spacial score (nSPS) is 11.3. The van der Waals surface area contributed by atoms with Crippen molar-refractivity contribution in [3.8, 4) is 0 Å². The van der Waals surface area contributed by atoms with Crippen LogP contribution in [0.5, 0.6) is 0 Å². The highest BCUT2D eigenvalue weighted by Gasteiger charge is 2.15. The van der Waals surface area contributed by atoms with E-state index in [1.165, 1.54) is 40.1 Å². The molecule has 4 aromatic rings. The number of hydrogen-bond acceptors (Lipinski definition) is 4. The van der Waals surface area contributed by atoms with E-state index in [9.17, 15) is 4.39 Å². The predicted octanol–water partition coefficient (Wildman–Crippen LogP) is 5.38. The Bertz CT molecular complexity index is 1200. The molecule has 0 amide bonds. The fourth-order valence-corrected chi connectivity index (χ4v) is 4.25. The molecule has 148 valence electrons. The largest absolute Gasteiger partial charge is 0.253 e. The highest BCUT2D eigenvalue weighted by Crippen LogP contribution is 2.24. The summed E-state index contributed by atoms with van der Waals surface area (Å²) in [6, 6.07) is 13.3. The van der Waals surface area contributed by atoms with Gasteiger partial charge in [0.2, 0.25) is 5.16 Å². The summed E-state index contributed by atoms with van der Waals surface area (Å²) in [7, 11) is 0. The van der Waals surface area contributed by atoms with Crippen molar-refractivity contribution in [1.82, 2.24) is 19.6 Å². The fraction of sp³-hybridized carbons (Fsp3) is 0.261. The number of aryl methyl sites for hydroxylation is 4. The average Bonchev–Trinajstić information content (AvgIpc) is 3.10. The van der Waals surface area contributed by atoms with Gasteiger partial charge < -0.3 is 0 Å². The SMILES string of the molecule is Cc1ccc(C)c(Cc2c(C)nc3nc(SCc4ccccc4F)nn3c2C)c1. The van der Waals surface area contributed by atoms with Gasteiger partial charge in [0.15, 0.2) is 0 Å². The van der Waals surface area contributed by atoms with Gasteiger partial charge in [-0.25, -0.2) is 13.9 Å². The molecule has 0 N–H and O–H groups in total. The Balaban J connectivity index is 1.64. The number of aromatic nitrogens is 4. The molecule has 2 aromatic heterocycles. The third-order valence-corrected chi connectivity index (χ3v) is 6.10. The van der Waals surface area contributed by atoms with Crippen LogP contribution >= 0.6 is 11.8 Å². The second-order valence-corrected chi connectivity index (χ2v) is 8.30. The Kier molecular flexibility index (Phi) is 5.37. The standard InChI is InChI=1S/C23H23FN4S/c1-14-9-10-15(2)19(11-14)12-20-16(3)25-22-26-23(27-28(22)17(20)4)29-13-18-7-5-6-8-21(18)24/h5-11H,12-13H2,1-4H3. The second-order valence-electron chi connectivity index (χ2n) is 7.35. The van der Waals surface area contributed by atoms with E-state index < -0.39 is 0 Å². The molecule has 0 radical (unpaired) electrons. The Labute approximate surface area is 174 Å². The lowest BCUT2D eigenvalue weighted by Gasteiger charge is -2.12.